The zero-order chi connectivity index (χ0) is 21.8. The highest BCUT2D eigenvalue weighted by Gasteiger charge is 2.46. The number of hydrogen-bond donors (Lipinski definition) is 1. The van der Waals surface area contributed by atoms with Crippen LogP contribution in [-0.4, -0.2) is 68.0 Å². The highest BCUT2D eigenvalue weighted by molar-refractivity contribution is 6.46. The zero-order valence-corrected chi connectivity index (χ0v) is 17.6. The van der Waals surface area contributed by atoms with Crippen molar-refractivity contribution in [3.63, 3.8) is 0 Å². The number of carbonyl (C=O) groups excluding carboxylic acids is 2. The molecule has 158 valence electrons. The van der Waals surface area contributed by atoms with Gasteiger partial charge in [0.05, 0.1) is 25.8 Å². The van der Waals surface area contributed by atoms with Gasteiger partial charge in [0.2, 0.25) is 0 Å². The number of carbonyl (C=O) groups is 2. The van der Waals surface area contributed by atoms with Gasteiger partial charge in [-0.15, -0.1) is 0 Å². The van der Waals surface area contributed by atoms with E-state index in [2.05, 4.69) is 0 Å². The van der Waals surface area contributed by atoms with E-state index in [1.807, 2.05) is 31.1 Å². The second-order valence-corrected chi connectivity index (χ2v) is 7.27. The van der Waals surface area contributed by atoms with Crippen molar-refractivity contribution in [2.75, 3.05) is 41.4 Å². The van der Waals surface area contributed by atoms with Gasteiger partial charge in [-0.25, -0.2) is 0 Å². The molecule has 0 radical (unpaired) electrons. The van der Waals surface area contributed by atoms with Crippen LogP contribution in [0.1, 0.15) is 17.2 Å². The van der Waals surface area contributed by atoms with Gasteiger partial charge in [0.25, 0.3) is 11.7 Å². The number of hydrogen-bond acceptors (Lipinski definition) is 6. The van der Waals surface area contributed by atoms with Crippen LogP contribution in [0.2, 0.25) is 0 Å². The number of Topliss-reactive ketones (excluding diaryl/α,β-unsaturated/α-hetero) is 1. The number of rotatable bonds is 7. The molecule has 1 amide bonds. The topological polar surface area (TPSA) is 79.3 Å². The quantitative estimate of drug-likeness (QED) is 0.430. The predicted molar refractivity (Wildman–Crippen MR) is 114 cm³/mol. The highest BCUT2D eigenvalue weighted by Crippen LogP contribution is 2.42. The van der Waals surface area contributed by atoms with Crippen molar-refractivity contribution >= 4 is 17.4 Å². The van der Waals surface area contributed by atoms with E-state index in [4.69, 9.17) is 9.47 Å². The minimum absolute atomic E-state index is 0.0495. The maximum absolute atomic E-state index is 13.0. The number of aliphatic hydroxyl groups excluding tert-OH is 1. The Balaban J connectivity index is 2.17. The Morgan fingerprint density at radius 3 is 2.30 bits per heavy atom. The monoisotopic (exact) mass is 410 g/mol. The molecule has 7 heteroatoms. The first-order chi connectivity index (χ1) is 14.4. The van der Waals surface area contributed by atoms with Gasteiger partial charge < -0.3 is 24.4 Å². The van der Waals surface area contributed by atoms with E-state index < -0.39 is 17.7 Å². The van der Waals surface area contributed by atoms with E-state index in [9.17, 15) is 14.7 Å². The summed E-state index contributed by atoms with van der Waals surface area (Å²) < 4.78 is 10.6. The standard InChI is InChI=1S/C23H26N2O5/c1-24(2)13-14-25-20(17-7-5-6-8-18(17)30-4)19(22(27)23(25)28)21(26)15-9-11-16(29-3)12-10-15/h5-12,20,26H,13-14H2,1-4H3/b21-19-. The maximum Gasteiger partial charge on any atom is 0.295 e. The lowest BCUT2D eigenvalue weighted by molar-refractivity contribution is -0.140. The fourth-order valence-electron chi connectivity index (χ4n) is 3.54. The van der Waals surface area contributed by atoms with Crippen molar-refractivity contribution in [1.82, 2.24) is 9.80 Å². The molecular formula is C23H26N2O5. The summed E-state index contributed by atoms with van der Waals surface area (Å²) in [6.45, 7) is 0.904. The lowest BCUT2D eigenvalue weighted by atomic mass is 9.94. The van der Waals surface area contributed by atoms with Crippen LogP contribution in [0.3, 0.4) is 0 Å². The third-order valence-corrected chi connectivity index (χ3v) is 5.13. The van der Waals surface area contributed by atoms with Crippen molar-refractivity contribution in [2.45, 2.75) is 6.04 Å². The van der Waals surface area contributed by atoms with Gasteiger partial charge in [-0.05, 0) is 44.4 Å². The lowest BCUT2D eigenvalue weighted by Crippen LogP contribution is -2.35. The fraction of sp³-hybridized carbons (Fsp3) is 0.304. The Bertz CT molecular complexity index is 966. The van der Waals surface area contributed by atoms with Crippen LogP contribution in [0.5, 0.6) is 11.5 Å². The van der Waals surface area contributed by atoms with E-state index in [0.717, 1.165) is 0 Å². The zero-order valence-electron chi connectivity index (χ0n) is 17.6. The van der Waals surface area contributed by atoms with Crippen LogP contribution in [0.4, 0.5) is 0 Å². The van der Waals surface area contributed by atoms with Gasteiger partial charge in [-0.2, -0.15) is 0 Å². The van der Waals surface area contributed by atoms with Crippen molar-refractivity contribution in [1.29, 1.82) is 0 Å². The molecule has 1 saturated heterocycles. The normalized spacial score (nSPS) is 18.2. The van der Waals surface area contributed by atoms with Crippen LogP contribution < -0.4 is 9.47 Å². The Morgan fingerprint density at radius 2 is 1.70 bits per heavy atom. The molecule has 1 fully saturated rings. The summed E-state index contributed by atoms with van der Waals surface area (Å²) >= 11 is 0. The average Bonchev–Trinajstić information content (AvgIpc) is 3.01. The molecular weight excluding hydrogens is 384 g/mol. The van der Waals surface area contributed by atoms with Crippen molar-refractivity contribution in [3.05, 3.63) is 65.2 Å². The number of ketones is 1. The molecule has 1 aliphatic heterocycles. The first kappa shape index (κ1) is 21.4. The molecule has 1 aliphatic rings. The molecule has 7 nitrogen and oxygen atoms in total. The SMILES string of the molecule is COc1ccc(/C(O)=C2/C(=O)C(=O)N(CCN(C)C)C2c2ccccc2OC)cc1. The van der Waals surface area contributed by atoms with Gasteiger partial charge in [-0.1, -0.05) is 18.2 Å². The second kappa shape index (κ2) is 9.00. The first-order valence-electron chi connectivity index (χ1n) is 9.59. The van der Waals surface area contributed by atoms with Crippen LogP contribution in [0, 0.1) is 0 Å². The number of aliphatic hydroxyl groups is 1. The minimum Gasteiger partial charge on any atom is -0.507 e. The second-order valence-electron chi connectivity index (χ2n) is 7.27. The molecule has 0 bridgehead atoms. The maximum atomic E-state index is 13.0. The third-order valence-electron chi connectivity index (χ3n) is 5.13. The number of amides is 1. The summed E-state index contributed by atoms with van der Waals surface area (Å²) in [6.07, 6.45) is 0. The third kappa shape index (κ3) is 4.02. The summed E-state index contributed by atoms with van der Waals surface area (Å²) in [7, 11) is 6.87. The van der Waals surface area contributed by atoms with Gasteiger partial charge >= 0.3 is 0 Å². The van der Waals surface area contributed by atoms with Gasteiger partial charge in [-0.3, -0.25) is 9.59 Å². The highest BCUT2D eigenvalue weighted by atomic mass is 16.5. The average molecular weight is 410 g/mol. The number of benzene rings is 2. The molecule has 1 N–H and O–H groups in total. The summed E-state index contributed by atoms with van der Waals surface area (Å²) in [6, 6.07) is 13.2. The van der Waals surface area contributed by atoms with E-state index in [-0.39, 0.29) is 11.3 Å². The number of methoxy groups -OCH3 is 2. The fourth-order valence-corrected chi connectivity index (χ4v) is 3.54. The van der Waals surface area contributed by atoms with Crippen LogP contribution in [0.25, 0.3) is 5.76 Å². The van der Waals surface area contributed by atoms with Crippen molar-refractivity contribution in [2.24, 2.45) is 0 Å². The smallest absolute Gasteiger partial charge is 0.295 e. The summed E-state index contributed by atoms with van der Waals surface area (Å²) in [5, 5.41) is 11.1. The van der Waals surface area contributed by atoms with E-state index in [1.54, 1.807) is 43.5 Å². The van der Waals surface area contributed by atoms with E-state index in [1.165, 1.54) is 12.0 Å². The summed E-state index contributed by atoms with van der Waals surface area (Å²) in [5.41, 5.74) is 1.13. The number of nitrogens with zero attached hydrogens (tertiary/aromatic N) is 2. The molecule has 0 aromatic heterocycles. The molecule has 1 atom stereocenters. The number of likely N-dealkylation sites (tertiary alicyclic amines) is 1. The summed E-state index contributed by atoms with van der Waals surface area (Å²) in [5.74, 6) is -0.404. The molecule has 1 unspecified atom stereocenters. The molecule has 30 heavy (non-hydrogen) atoms. The molecule has 2 aromatic carbocycles. The number of ether oxygens (including phenoxy) is 2. The molecule has 0 aliphatic carbocycles. The summed E-state index contributed by atoms with van der Waals surface area (Å²) in [4.78, 5) is 29.3. The Labute approximate surface area is 176 Å². The molecule has 3 rings (SSSR count). The first-order valence-corrected chi connectivity index (χ1v) is 9.59. The van der Waals surface area contributed by atoms with Gasteiger partial charge in [0, 0.05) is 24.2 Å². The number of para-hydroxylation sites is 1. The molecule has 0 spiro atoms. The van der Waals surface area contributed by atoms with E-state index in [0.29, 0.717) is 35.7 Å². The number of likely N-dealkylation sites (N-methyl/N-ethyl adjacent to an activating group) is 1. The van der Waals surface area contributed by atoms with Crippen molar-refractivity contribution in [3.8, 4) is 11.5 Å². The minimum atomic E-state index is -0.747. The van der Waals surface area contributed by atoms with Gasteiger partial charge in [0.1, 0.15) is 17.3 Å². The Kier molecular flexibility index (Phi) is 6.42. The van der Waals surface area contributed by atoms with Crippen LogP contribution >= 0.6 is 0 Å². The van der Waals surface area contributed by atoms with Crippen LogP contribution in [0.15, 0.2) is 54.1 Å². The molecule has 1 heterocycles. The van der Waals surface area contributed by atoms with Crippen molar-refractivity contribution < 1.29 is 24.2 Å². The lowest BCUT2D eigenvalue weighted by Gasteiger charge is -2.27. The largest absolute Gasteiger partial charge is 0.507 e. The van der Waals surface area contributed by atoms with Crippen LogP contribution in [-0.2, 0) is 9.59 Å². The predicted octanol–water partition coefficient (Wildman–Crippen LogP) is 2.69. The molecule has 2 aromatic rings. The Hall–Kier alpha value is -3.32. The molecule has 0 saturated carbocycles. The van der Waals surface area contributed by atoms with Gasteiger partial charge in [0.15, 0.2) is 0 Å². The Morgan fingerprint density at radius 1 is 1.03 bits per heavy atom. The van der Waals surface area contributed by atoms with E-state index >= 15 is 0 Å².